The van der Waals surface area contributed by atoms with Crippen molar-refractivity contribution < 1.29 is 49.4 Å². The molecular formula is C29H29F8N5O3. The van der Waals surface area contributed by atoms with Gasteiger partial charge in [0.25, 0.3) is 5.91 Å². The van der Waals surface area contributed by atoms with Crippen LogP contribution in [-0.4, -0.2) is 45.1 Å². The first-order valence-corrected chi connectivity index (χ1v) is 14.3. The van der Waals surface area contributed by atoms with Crippen molar-refractivity contribution >= 4 is 17.5 Å². The Morgan fingerprint density at radius 3 is 2.36 bits per heavy atom. The van der Waals surface area contributed by atoms with Crippen LogP contribution in [0.5, 0.6) is 5.75 Å². The molecule has 3 aromatic rings. The number of aromatic nitrogens is 3. The molecule has 0 unspecified atom stereocenters. The van der Waals surface area contributed by atoms with Gasteiger partial charge in [-0.2, -0.15) is 27.1 Å². The van der Waals surface area contributed by atoms with Gasteiger partial charge in [0.2, 0.25) is 11.8 Å². The molecule has 1 aromatic carbocycles. The number of carbonyl (C=O) groups excluding carboxylic acids is 2. The van der Waals surface area contributed by atoms with Gasteiger partial charge in [-0.05, 0) is 67.3 Å². The van der Waals surface area contributed by atoms with Crippen molar-refractivity contribution in [2.24, 2.45) is 11.8 Å². The third-order valence-corrected chi connectivity index (χ3v) is 8.01. The first-order valence-electron chi connectivity index (χ1n) is 14.3. The molecule has 0 bridgehead atoms. The molecule has 2 fully saturated rings. The lowest BCUT2D eigenvalue weighted by atomic mass is 9.81. The fraction of sp³-hybridized carbons (Fsp3) is 0.517. The minimum Gasteiger partial charge on any atom is -0.435 e. The van der Waals surface area contributed by atoms with Crippen molar-refractivity contribution in [3.63, 3.8) is 0 Å². The van der Waals surface area contributed by atoms with Crippen molar-refractivity contribution in [3.05, 3.63) is 59.3 Å². The molecule has 0 aliphatic heterocycles. The summed E-state index contributed by atoms with van der Waals surface area (Å²) in [5.74, 6) is -6.69. The summed E-state index contributed by atoms with van der Waals surface area (Å²) in [5.41, 5.74) is 0.354. The predicted molar refractivity (Wildman–Crippen MR) is 142 cm³/mol. The molecule has 2 aliphatic carbocycles. The molecule has 244 valence electrons. The third-order valence-electron chi connectivity index (χ3n) is 8.01. The second kappa shape index (κ2) is 12.8. The van der Waals surface area contributed by atoms with Crippen LogP contribution < -0.4 is 15.4 Å². The molecule has 8 nitrogen and oxygen atoms in total. The number of amides is 2. The fourth-order valence-corrected chi connectivity index (χ4v) is 5.54. The predicted octanol–water partition coefficient (Wildman–Crippen LogP) is 6.68. The number of hydrogen-bond donors (Lipinski definition) is 2. The molecule has 2 N–H and O–H groups in total. The van der Waals surface area contributed by atoms with E-state index >= 15 is 0 Å². The quantitative estimate of drug-likeness (QED) is 0.227. The van der Waals surface area contributed by atoms with E-state index in [0.29, 0.717) is 5.56 Å². The lowest BCUT2D eigenvalue weighted by molar-refractivity contribution is -0.144. The summed E-state index contributed by atoms with van der Waals surface area (Å²) in [7, 11) is 0. The van der Waals surface area contributed by atoms with Crippen molar-refractivity contribution in [2.75, 3.05) is 0 Å². The Labute approximate surface area is 251 Å². The number of rotatable bonds is 11. The average molecular weight is 648 g/mol. The Morgan fingerprint density at radius 2 is 1.71 bits per heavy atom. The van der Waals surface area contributed by atoms with E-state index in [1.54, 1.807) is 6.07 Å². The van der Waals surface area contributed by atoms with Gasteiger partial charge >= 0.3 is 12.8 Å². The van der Waals surface area contributed by atoms with E-state index in [1.165, 1.54) is 16.9 Å². The Hall–Kier alpha value is -3.98. The maximum Gasteiger partial charge on any atom is 0.389 e. The highest BCUT2D eigenvalue weighted by Crippen LogP contribution is 2.43. The summed E-state index contributed by atoms with van der Waals surface area (Å²) in [6.45, 7) is -3.22. The second-order valence-electron chi connectivity index (χ2n) is 11.4. The SMILES string of the molecule is O=C(CCC(F)(F)F)N[C@@H](c1cnn2cc([C@@H](NC(=O)c3cc(OC(F)F)ccc3F)C3CCC(F)(F)CC3)nc2c1)C1CC1. The zero-order valence-electron chi connectivity index (χ0n) is 23.6. The van der Waals surface area contributed by atoms with Crippen LogP contribution in [0.15, 0.2) is 36.7 Å². The molecule has 2 aromatic heterocycles. The first kappa shape index (κ1) is 32.4. The highest BCUT2D eigenvalue weighted by molar-refractivity contribution is 5.95. The van der Waals surface area contributed by atoms with Gasteiger partial charge in [-0.25, -0.2) is 22.7 Å². The minimum absolute atomic E-state index is 0.00474. The summed E-state index contributed by atoms with van der Waals surface area (Å²) in [5, 5.41) is 9.59. The lowest BCUT2D eigenvalue weighted by Gasteiger charge is -2.33. The number of alkyl halides is 7. The largest absolute Gasteiger partial charge is 0.435 e. The molecule has 0 saturated heterocycles. The van der Waals surface area contributed by atoms with Crippen molar-refractivity contribution in [3.8, 4) is 5.75 Å². The van der Waals surface area contributed by atoms with Gasteiger partial charge in [0.15, 0.2) is 5.65 Å². The smallest absolute Gasteiger partial charge is 0.389 e. The number of benzene rings is 1. The lowest BCUT2D eigenvalue weighted by Crippen LogP contribution is -2.37. The maximum atomic E-state index is 14.6. The van der Waals surface area contributed by atoms with Gasteiger partial charge in [-0.1, -0.05) is 0 Å². The van der Waals surface area contributed by atoms with Crippen LogP contribution >= 0.6 is 0 Å². The van der Waals surface area contributed by atoms with Crippen LogP contribution in [0.25, 0.3) is 5.65 Å². The van der Waals surface area contributed by atoms with Crippen LogP contribution in [0.2, 0.25) is 0 Å². The highest BCUT2D eigenvalue weighted by atomic mass is 19.4. The molecule has 0 spiro atoms. The normalized spacial score (nSPS) is 18.5. The van der Waals surface area contributed by atoms with E-state index in [2.05, 4.69) is 25.5 Å². The summed E-state index contributed by atoms with van der Waals surface area (Å²) in [6, 6.07) is 2.50. The Kier molecular flexibility index (Phi) is 9.21. The topological polar surface area (TPSA) is 97.6 Å². The summed E-state index contributed by atoms with van der Waals surface area (Å²) in [6.07, 6.45) is -3.00. The van der Waals surface area contributed by atoms with E-state index in [1.807, 2.05) is 0 Å². The number of ether oxygens (including phenoxy) is 1. The van der Waals surface area contributed by atoms with Crippen LogP contribution in [-0.2, 0) is 4.79 Å². The molecule has 0 radical (unpaired) electrons. The average Bonchev–Trinajstić information content (AvgIpc) is 3.71. The molecule has 2 amide bonds. The molecule has 5 rings (SSSR count). The van der Waals surface area contributed by atoms with Gasteiger partial charge in [0, 0.05) is 19.3 Å². The van der Waals surface area contributed by atoms with Crippen molar-refractivity contribution in [1.29, 1.82) is 0 Å². The van der Waals surface area contributed by atoms with Gasteiger partial charge in [0.05, 0.1) is 42.2 Å². The number of halogens is 8. The molecule has 45 heavy (non-hydrogen) atoms. The van der Waals surface area contributed by atoms with Crippen molar-refractivity contribution in [1.82, 2.24) is 25.2 Å². The van der Waals surface area contributed by atoms with E-state index in [9.17, 15) is 44.7 Å². The van der Waals surface area contributed by atoms with Gasteiger partial charge in [0.1, 0.15) is 11.6 Å². The highest BCUT2D eigenvalue weighted by Gasteiger charge is 2.40. The third kappa shape index (κ3) is 8.39. The number of nitrogens with zero attached hydrogens (tertiary/aromatic N) is 3. The monoisotopic (exact) mass is 647 g/mol. The summed E-state index contributed by atoms with van der Waals surface area (Å²) < 4.78 is 111. The number of imidazole rings is 1. The van der Waals surface area contributed by atoms with Crippen LogP contribution in [0, 0.1) is 17.7 Å². The number of nitrogens with one attached hydrogen (secondary N) is 2. The fourth-order valence-electron chi connectivity index (χ4n) is 5.54. The van der Waals surface area contributed by atoms with E-state index < -0.39 is 91.3 Å². The van der Waals surface area contributed by atoms with E-state index in [4.69, 9.17) is 0 Å². The number of hydrogen-bond acceptors (Lipinski definition) is 5. The van der Waals surface area contributed by atoms with Gasteiger partial charge < -0.3 is 15.4 Å². The van der Waals surface area contributed by atoms with Gasteiger partial charge in [-0.3, -0.25) is 9.59 Å². The molecular weight excluding hydrogens is 618 g/mol. The summed E-state index contributed by atoms with van der Waals surface area (Å²) >= 11 is 0. The molecule has 2 atom stereocenters. The minimum atomic E-state index is -4.48. The second-order valence-corrected chi connectivity index (χ2v) is 11.4. The Morgan fingerprint density at radius 1 is 1.02 bits per heavy atom. The van der Waals surface area contributed by atoms with Crippen LogP contribution in [0.3, 0.4) is 0 Å². The van der Waals surface area contributed by atoms with Crippen LogP contribution in [0.1, 0.15) is 85.1 Å². The standard InChI is InChI=1S/C29H29F8N5O3/c30-20-4-3-18(45-27(31)32)12-19(20)26(44)41-25(16-5-8-28(33,34)9-6-16)21-14-42-22(39-21)11-17(13-38-42)24(15-1-2-15)40-23(43)7-10-29(35,36)37/h3-4,11-16,24-25,27H,1-2,5-10H2,(H,40,43)(H,41,44)/t24-,25+/m1/s1. The number of carbonyl (C=O) groups is 2. The molecule has 16 heteroatoms. The molecule has 2 heterocycles. The van der Waals surface area contributed by atoms with Gasteiger partial charge in [-0.15, -0.1) is 0 Å². The first-order chi connectivity index (χ1) is 21.2. The summed E-state index contributed by atoms with van der Waals surface area (Å²) in [4.78, 5) is 30.0. The molecule has 2 aliphatic rings. The van der Waals surface area contributed by atoms with E-state index in [-0.39, 0.29) is 30.1 Å². The number of fused-ring (bicyclic) bond motifs is 1. The Bertz CT molecular complexity index is 1530. The zero-order chi connectivity index (χ0) is 32.5. The Balaban J connectivity index is 1.41. The zero-order valence-corrected chi connectivity index (χ0v) is 23.6. The van der Waals surface area contributed by atoms with Crippen LogP contribution in [0.4, 0.5) is 35.1 Å². The van der Waals surface area contributed by atoms with E-state index in [0.717, 1.165) is 31.0 Å². The molecule has 2 saturated carbocycles. The van der Waals surface area contributed by atoms with Crippen molar-refractivity contribution in [2.45, 2.75) is 82.2 Å². The maximum absolute atomic E-state index is 14.6.